The zero-order valence-corrected chi connectivity index (χ0v) is 29.2. The van der Waals surface area contributed by atoms with Crippen LogP contribution in [-0.2, 0) is 4.74 Å². The van der Waals surface area contributed by atoms with Crippen LogP contribution < -0.4 is 23.7 Å². The molecule has 4 aromatic rings. The van der Waals surface area contributed by atoms with Crippen LogP contribution in [0.5, 0.6) is 34.5 Å². The summed E-state index contributed by atoms with van der Waals surface area (Å²) in [5.41, 5.74) is 1.38. The Morgan fingerprint density at radius 3 is 1.62 bits per heavy atom. The molecule has 5 rings (SSSR count). The molecule has 0 aliphatic heterocycles. The van der Waals surface area contributed by atoms with Crippen LogP contribution in [0.15, 0.2) is 115 Å². The van der Waals surface area contributed by atoms with Gasteiger partial charge >= 0.3 is 11.9 Å². The summed E-state index contributed by atoms with van der Waals surface area (Å²) in [5.74, 6) is 2.67. The van der Waals surface area contributed by atoms with Gasteiger partial charge in [0.15, 0.2) is 0 Å². The first-order valence-corrected chi connectivity index (χ1v) is 17.4. The molecule has 272 valence electrons. The zero-order valence-electron chi connectivity index (χ0n) is 29.2. The van der Waals surface area contributed by atoms with E-state index >= 15 is 0 Å². The number of allylic oxidation sites excluding steroid dienone is 1. The van der Waals surface area contributed by atoms with Gasteiger partial charge in [0, 0.05) is 0 Å². The van der Waals surface area contributed by atoms with Gasteiger partial charge in [-0.1, -0.05) is 6.08 Å². The Balaban J connectivity index is 0.970. The Morgan fingerprint density at radius 1 is 0.615 bits per heavy atom. The summed E-state index contributed by atoms with van der Waals surface area (Å²) in [5, 5.41) is 18.8. The molecule has 0 radical (unpaired) electrons. The normalized spacial score (nSPS) is 13.5. The maximum Gasteiger partial charge on any atom is 0.343 e. The van der Waals surface area contributed by atoms with Crippen LogP contribution in [0.25, 0.3) is 0 Å². The van der Waals surface area contributed by atoms with E-state index in [1.54, 1.807) is 110 Å². The number of aromatic hydroxyl groups is 1. The van der Waals surface area contributed by atoms with Gasteiger partial charge in [-0.15, -0.1) is 0 Å². The van der Waals surface area contributed by atoms with Crippen molar-refractivity contribution in [3.8, 4) is 34.5 Å². The average molecular weight is 709 g/mol. The Hall–Kier alpha value is -5.74. The number of aliphatic hydroxyl groups is 1. The van der Waals surface area contributed by atoms with E-state index in [4.69, 9.17) is 28.4 Å². The van der Waals surface area contributed by atoms with Crippen molar-refractivity contribution < 1.29 is 48.2 Å². The first-order valence-electron chi connectivity index (χ1n) is 17.4. The van der Waals surface area contributed by atoms with E-state index in [2.05, 4.69) is 0 Å². The highest BCUT2D eigenvalue weighted by molar-refractivity contribution is 5.92. The number of rotatable bonds is 19. The third-order valence-electron chi connectivity index (χ3n) is 8.02. The quantitative estimate of drug-likeness (QED) is 0.0559. The number of carbonyl (C=O) groups excluding carboxylic acids is 2. The molecular formula is C42H44O10. The van der Waals surface area contributed by atoms with Gasteiger partial charge in [0.1, 0.15) is 40.3 Å². The molecule has 4 aromatic carbocycles. The second-order valence-corrected chi connectivity index (χ2v) is 12.2. The number of unbranched alkanes of at least 4 members (excludes halogenated alkanes) is 3. The molecular weight excluding hydrogens is 664 g/mol. The Bertz CT molecular complexity index is 1790. The summed E-state index contributed by atoms with van der Waals surface area (Å²) in [7, 11) is 0. The van der Waals surface area contributed by atoms with Crippen LogP contribution in [0.1, 0.15) is 64.8 Å². The van der Waals surface area contributed by atoms with E-state index in [1.807, 2.05) is 6.08 Å². The summed E-state index contributed by atoms with van der Waals surface area (Å²) in [6.45, 7) is 3.98. The van der Waals surface area contributed by atoms with E-state index in [9.17, 15) is 19.8 Å². The molecule has 0 bridgehead atoms. The molecule has 0 spiro atoms. The molecule has 2 N–H and O–H groups in total. The summed E-state index contributed by atoms with van der Waals surface area (Å²) < 4.78 is 34.1. The van der Waals surface area contributed by atoms with E-state index in [0.717, 1.165) is 43.6 Å². The predicted molar refractivity (Wildman–Crippen MR) is 195 cm³/mol. The summed E-state index contributed by atoms with van der Waals surface area (Å²) >= 11 is 0. The monoisotopic (exact) mass is 708 g/mol. The maximum atomic E-state index is 12.8. The number of aryl methyl sites for hydroxylation is 1. The highest BCUT2D eigenvalue weighted by Crippen LogP contribution is 2.26. The topological polar surface area (TPSA) is 130 Å². The number of carbonyl (C=O) groups is 2. The molecule has 1 unspecified atom stereocenters. The lowest BCUT2D eigenvalue weighted by Crippen LogP contribution is -2.11. The second kappa shape index (κ2) is 19.6. The zero-order chi connectivity index (χ0) is 36.5. The molecule has 10 nitrogen and oxygen atoms in total. The third-order valence-corrected chi connectivity index (χ3v) is 8.02. The number of esters is 2. The maximum absolute atomic E-state index is 12.8. The average Bonchev–Trinajstić information content (AvgIpc) is 3.15. The largest absolute Gasteiger partial charge is 0.508 e. The molecule has 10 heteroatoms. The van der Waals surface area contributed by atoms with E-state index in [1.165, 1.54) is 0 Å². The van der Waals surface area contributed by atoms with Crippen LogP contribution in [-0.4, -0.2) is 54.7 Å². The lowest BCUT2D eigenvalue weighted by atomic mass is 10.1. The van der Waals surface area contributed by atoms with Gasteiger partial charge in [0.2, 0.25) is 0 Å². The van der Waals surface area contributed by atoms with E-state index in [-0.39, 0.29) is 5.75 Å². The molecule has 0 fully saturated rings. The Labute approximate surface area is 303 Å². The Morgan fingerprint density at radius 2 is 1.10 bits per heavy atom. The van der Waals surface area contributed by atoms with Crippen molar-refractivity contribution in [1.82, 2.24) is 0 Å². The second-order valence-electron chi connectivity index (χ2n) is 12.2. The van der Waals surface area contributed by atoms with Crippen molar-refractivity contribution >= 4 is 11.9 Å². The lowest BCUT2D eigenvalue weighted by molar-refractivity contribution is 0.0718. The van der Waals surface area contributed by atoms with Crippen molar-refractivity contribution in [2.75, 3.05) is 26.4 Å². The van der Waals surface area contributed by atoms with Gasteiger partial charge in [-0.2, -0.15) is 0 Å². The molecule has 52 heavy (non-hydrogen) atoms. The molecule has 1 aliphatic rings. The van der Waals surface area contributed by atoms with Crippen molar-refractivity contribution in [3.05, 3.63) is 132 Å². The van der Waals surface area contributed by atoms with E-state index < -0.39 is 18.0 Å². The van der Waals surface area contributed by atoms with Crippen LogP contribution in [0.2, 0.25) is 0 Å². The van der Waals surface area contributed by atoms with Crippen molar-refractivity contribution in [3.63, 3.8) is 0 Å². The molecule has 0 aromatic heterocycles. The molecule has 0 saturated heterocycles. The number of hydrogen-bond donors (Lipinski definition) is 2. The first kappa shape index (κ1) is 37.5. The predicted octanol–water partition coefficient (Wildman–Crippen LogP) is 8.15. The minimum absolute atomic E-state index is 0.211. The molecule has 0 saturated carbocycles. The Kier molecular flexibility index (Phi) is 14.1. The summed E-state index contributed by atoms with van der Waals surface area (Å²) in [6, 6.07) is 25.0. The van der Waals surface area contributed by atoms with Crippen LogP contribution in [0.4, 0.5) is 0 Å². The number of benzene rings is 4. The summed E-state index contributed by atoms with van der Waals surface area (Å²) in [4.78, 5) is 25.6. The minimum atomic E-state index is -0.520. The first-order chi connectivity index (χ1) is 25.3. The SMILES string of the molecule is Cc1cc(OC(=O)c2ccc(OCCCCOC3=CCC(O)C=C3)cc2)ccc1OC(=O)c1ccc(OCCCCCOc2ccc(O)cc2)cc1. The van der Waals surface area contributed by atoms with Crippen molar-refractivity contribution in [2.24, 2.45) is 0 Å². The summed E-state index contributed by atoms with van der Waals surface area (Å²) in [6.07, 6.45) is 9.83. The van der Waals surface area contributed by atoms with Crippen LogP contribution in [0.3, 0.4) is 0 Å². The van der Waals surface area contributed by atoms with Gasteiger partial charge in [-0.05, 0) is 154 Å². The van der Waals surface area contributed by atoms with Gasteiger partial charge in [0.25, 0.3) is 0 Å². The number of aliphatic hydroxyl groups excluding tert-OH is 1. The molecule has 0 amide bonds. The molecule has 1 aliphatic carbocycles. The standard InChI is InChI=1S/C42H44O10/c1-30-29-39(51-41(45)31-7-15-36(16-8-31)49-27-5-6-28-50-38-21-13-34(44)14-22-38)23-24-40(30)52-42(46)32-9-17-35(18-10-32)47-25-3-2-4-26-48-37-19-11-33(43)12-20-37/h7-13,15-24,29,34,43-44H,2-6,14,25-28H2,1H3. The van der Waals surface area contributed by atoms with Crippen LogP contribution in [0, 0.1) is 6.92 Å². The van der Waals surface area contributed by atoms with Gasteiger partial charge < -0.3 is 38.6 Å². The molecule has 0 heterocycles. The fourth-order valence-corrected chi connectivity index (χ4v) is 5.08. The van der Waals surface area contributed by atoms with Gasteiger partial charge in [0.05, 0.1) is 43.7 Å². The minimum Gasteiger partial charge on any atom is -0.508 e. The number of phenolic OH excluding ortho intramolecular Hbond substituents is 1. The smallest absolute Gasteiger partial charge is 0.343 e. The van der Waals surface area contributed by atoms with Crippen molar-refractivity contribution in [2.45, 2.75) is 51.6 Å². The highest BCUT2D eigenvalue weighted by Gasteiger charge is 2.14. The fraction of sp³-hybridized carbons (Fsp3) is 0.286. The molecule has 1 atom stereocenters. The fourth-order valence-electron chi connectivity index (χ4n) is 5.08. The van der Waals surface area contributed by atoms with Gasteiger partial charge in [-0.25, -0.2) is 9.59 Å². The number of hydrogen-bond acceptors (Lipinski definition) is 10. The third kappa shape index (κ3) is 12.2. The van der Waals surface area contributed by atoms with Crippen LogP contribution >= 0.6 is 0 Å². The van der Waals surface area contributed by atoms with Crippen molar-refractivity contribution in [1.29, 1.82) is 0 Å². The lowest BCUT2D eigenvalue weighted by Gasteiger charge is -2.13. The van der Waals surface area contributed by atoms with Gasteiger partial charge in [-0.3, -0.25) is 0 Å². The number of phenols is 1. The number of ether oxygens (including phenoxy) is 6. The highest BCUT2D eigenvalue weighted by atomic mass is 16.5. The van der Waals surface area contributed by atoms with E-state index in [0.29, 0.717) is 72.5 Å².